The van der Waals surface area contributed by atoms with Gasteiger partial charge in [-0.05, 0) is 82.6 Å². The molecule has 0 bridgehead atoms. The summed E-state index contributed by atoms with van der Waals surface area (Å²) < 4.78 is 10.3. The van der Waals surface area contributed by atoms with Crippen LogP contribution in [0.25, 0.3) is 155 Å². The molecule has 0 aliphatic rings. The Morgan fingerprint density at radius 2 is 0.631 bits per heavy atom. The third kappa shape index (κ3) is 6.84. The molecule has 0 saturated carbocycles. The molecule has 0 aliphatic carbocycles. The van der Waals surface area contributed by atoms with Crippen LogP contribution in [-0.4, -0.2) is 33.1 Å². The Balaban J connectivity index is 1.26. The van der Waals surface area contributed by atoms with Gasteiger partial charge in [-0.3, -0.25) is 0 Å². The van der Waals surface area contributed by atoms with Crippen molar-refractivity contribution in [3.8, 4) is 51.2 Å². The zero-order valence-corrected chi connectivity index (χ0v) is 47.6. The van der Waals surface area contributed by atoms with Gasteiger partial charge in [-0.25, -0.2) is 15.0 Å². The van der Waals surface area contributed by atoms with Gasteiger partial charge in [-0.15, -0.1) is 0 Å². The van der Waals surface area contributed by atoms with Crippen molar-refractivity contribution in [3.05, 3.63) is 248 Å². The minimum Gasteiger partial charge on any atom is -0.306 e. The molecule has 7 heteroatoms. The van der Waals surface area contributed by atoms with Gasteiger partial charge in [0.05, 0.1) is 72.3 Å². The van der Waals surface area contributed by atoms with E-state index in [0.29, 0.717) is 17.5 Å². The quantitative estimate of drug-likeness (QED) is 0.167. The highest BCUT2D eigenvalue weighted by Crippen LogP contribution is 2.55. The summed E-state index contributed by atoms with van der Waals surface area (Å²) >= 11 is 0. The van der Waals surface area contributed by atoms with Crippen molar-refractivity contribution in [1.82, 2.24) is 33.1 Å². The van der Waals surface area contributed by atoms with Crippen LogP contribution in [0, 0.1) is 0 Å². The van der Waals surface area contributed by atoms with Crippen LogP contribution in [0.5, 0.6) is 0 Å². The molecule has 6 heterocycles. The van der Waals surface area contributed by atoms with Crippen LogP contribution >= 0.6 is 0 Å². The second kappa shape index (κ2) is 17.6. The van der Waals surface area contributed by atoms with Gasteiger partial charge in [0.15, 0.2) is 17.5 Å². The predicted octanol–water partition coefficient (Wildman–Crippen LogP) is 19.9. The molecular formula is C77H57N7. The number of aromatic nitrogens is 7. The highest BCUT2D eigenvalue weighted by atomic mass is 15.1. The van der Waals surface area contributed by atoms with E-state index >= 15 is 0 Å². The molecule has 6 aromatic heterocycles. The highest BCUT2D eigenvalue weighted by molar-refractivity contribution is 6.30. The van der Waals surface area contributed by atoms with Crippen LogP contribution in [0.1, 0.15) is 52.7 Å². The number of para-hydroxylation sites is 6. The fourth-order valence-corrected chi connectivity index (χ4v) is 13.9. The van der Waals surface area contributed by atoms with E-state index in [-0.39, 0.29) is 10.8 Å². The van der Waals surface area contributed by atoms with Crippen LogP contribution in [0.4, 0.5) is 0 Å². The summed E-state index contributed by atoms with van der Waals surface area (Å²) in [5, 5.41) is 11.7. The van der Waals surface area contributed by atoms with Crippen LogP contribution < -0.4 is 0 Å². The Morgan fingerprint density at radius 3 is 1.06 bits per heavy atom. The van der Waals surface area contributed by atoms with E-state index < -0.39 is 0 Å². The van der Waals surface area contributed by atoms with Crippen LogP contribution in [-0.2, 0) is 10.8 Å². The Labute approximate surface area is 485 Å². The maximum Gasteiger partial charge on any atom is 0.168 e. The molecule has 0 N–H and O–H groups in total. The van der Waals surface area contributed by atoms with Crippen molar-refractivity contribution in [2.24, 2.45) is 0 Å². The largest absolute Gasteiger partial charge is 0.306 e. The van der Waals surface area contributed by atoms with Gasteiger partial charge in [0.2, 0.25) is 0 Å². The molecule has 84 heavy (non-hydrogen) atoms. The van der Waals surface area contributed by atoms with Crippen molar-refractivity contribution in [1.29, 1.82) is 0 Å². The van der Waals surface area contributed by atoms with Crippen LogP contribution in [0.2, 0.25) is 0 Å². The molecule has 0 fully saturated rings. The summed E-state index contributed by atoms with van der Waals surface area (Å²) in [7, 11) is 0. The SMILES string of the molecule is CC(C)(C)c1ccc2c(c1)c1cc(C(C)(C)C)cc3c4c(-n5c6ccccc6c6ccccc65)c(-n5c6ccccc6c6ccccc65)c(-c5nc(-c6ccccc6)nc(-c6ccccc6)n5)c(-n5c6ccccc6c6ccccc65)c4n2c13. The van der Waals surface area contributed by atoms with Gasteiger partial charge in [0.1, 0.15) is 0 Å². The lowest BCUT2D eigenvalue weighted by atomic mass is 9.84. The van der Waals surface area contributed by atoms with Crippen molar-refractivity contribution < 1.29 is 0 Å². The smallest absolute Gasteiger partial charge is 0.168 e. The average molecular weight is 1080 g/mol. The first kappa shape index (κ1) is 48.3. The maximum absolute atomic E-state index is 5.90. The lowest BCUT2D eigenvalue weighted by Crippen LogP contribution is -2.13. The van der Waals surface area contributed by atoms with E-state index in [1.165, 1.54) is 43.6 Å². The van der Waals surface area contributed by atoms with Crippen molar-refractivity contribution in [2.75, 3.05) is 0 Å². The van der Waals surface area contributed by atoms with E-state index in [0.717, 1.165) is 105 Å². The fraction of sp³-hybridized carbons (Fsp3) is 0.104. The molecule has 0 radical (unpaired) electrons. The topological polar surface area (TPSA) is 57.9 Å². The molecule has 0 saturated heterocycles. The van der Waals surface area contributed by atoms with Gasteiger partial charge in [0.25, 0.3) is 0 Å². The van der Waals surface area contributed by atoms with E-state index in [2.05, 4.69) is 296 Å². The van der Waals surface area contributed by atoms with Gasteiger partial charge in [-0.2, -0.15) is 0 Å². The van der Waals surface area contributed by atoms with Gasteiger partial charge < -0.3 is 18.1 Å². The van der Waals surface area contributed by atoms with Crippen molar-refractivity contribution in [2.45, 2.75) is 52.4 Å². The molecular weight excluding hydrogens is 1020 g/mol. The first-order valence-electron chi connectivity index (χ1n) is 29.2. The first-order chi connectivity index (χ1) is 41.0. The summed E-state index contributed by atoms with van der Waals surface area (Å²) in [6, 6.07) is 86.7. The van der Waals surface area contributed by atoms with E-state index in [1.54, 1.807) is 0 Å². The highest BCUT2D eigenvalue weighted by Gasteiger charge is 2.36. The number of hydrogen-bond donors (Lipinski definition) is 0. The third-order valence-electron chi connectivity index (χ3n) is 17.8. The monoisotopic (exact) mass is 1080 g/mol. The van der Waals surface area contributed by atoms with Crippen molar-refractivity contribution in [3.63, 3.8) is 0 Å². The molecule has 0 amide bonds. The molecule has 0 aliphatic heterocycles. The molecule has 400 valence electrons. The number of hydrogen-bond acceptors (Lipinski definition) is 3. The Morgan fingerprint density at radius 1 is 0.274 bits per heavy atom. The maximum atomic E-state index is 5.90. The fourth-order valence-electron chi connectivity index (χ4n) is 13.9. The Hall–Kier alpha value is -10.4. The second-order valence-electron chi connectivity index (χ2n) is 24.8. The van der Waals surface area contributed by atoms with Gasteiger partial charge in [0, 0.05) is 65.0 Å². The Bertz CT molecular complexity index is 5350. The molecule has 11 aromatic carbocycles. The normalized spacial score (nSPS) is 12.6. The van der Waals surface area contributed by atoms with Gasteiger partial charge in [-0.1, -0.05) is 217 Å². The summed E-state index contributed by atoms with van der Waals surface area (Å²) in [4.78, 5) is 17.2. The zero-order chi connectivity index (χ0) is 56.3. The Kier molecular flexibility index (Phi) is 10.1. The van der Waals surface area contributed by atoms with Crippen LogP contribution in [0.15, 0.2) is 237 Å². The summed E-state index contributed by atoms with van der Waals surface area (Å²) in [6.45, 7) is 14.0. The number of fused-ring (bicyclic) bond motifs is 15. The molecule has 0 spiro atoms. The average Bonchev–Trinajstić information content (AvgIpc) is 1.49. The first-order valence-corrected chi connectivity index (χ1v) is 29.2. The third-order valence-corrected chi connectivity index (χ3v) is 17.8. The minimum atomic E-state index is -0.214. The molecule has 17 rings (SSSR count). The van der Waals surface area contributed by atoms with E-state index in [9.17, 15) is 0 Å². The number of nitrogens with zero attached hydrogens (tertiary/aromatic N) is 7. The molecule has 0 atom stereocenters. The summed E-state index contributed by atoms with van der Waals surface area (Å²) in [5.74, 6) is 1.72. The van der Waals surface area contributed by atoms with Gasteiger partial charge >= 0.3 is 0 Å². The summed E-state index contributed by atoms with van der Waals surface area (Å²) in [6.07, 6.45) is 0. The standard InChI is InChI=1S/C77H57N7/c1-76(2,3)48-41-42-65-56(43-48)57-44-49(77(4,5)6)45-58-66-69(81-59-35-19-13-29-50(59)51-30-14-20-36-60(51)81)71(82-61-37-21-15-31-52(61)53-32-16-22-38-62(53)82)67(75-79-73(46-25-9-7-10-26-46)78-74(80-75)47-27-11-8-12-28-47)72(70(66)84(65)68(57)58)83-63-39-23-17-33-54(63)55-34-18-24-40-64(55)83/h7-45H,1-6H3. The number of rotatable bonds is 6. The lowest BCUT2D eigenvalue weighted by Gasteiger charge is -2.26. The summed E-state index contributed by atoms with van der Waals surface area (Å²) in [5.41, 5.74) is 17.8. The lowest BCUT2D eigenvalue weighted by molar-refractivity contribution is 0.590. The molecule has 17 aromatic rings. The molecule has 7 nitrogen and oxygen atoms in total. The van der Waals surface area contributed by atoms with E-state index in [1.807, 2.05) is 0 Å². The minimum absolute atomic E-state index is 0.0943. The molecule has 0 unspecified atom stereocenters. The van der Waals surface area contributed by atoms with Crippen LogP contribution in [0.3, 0.4) is 0 Å². The zero-order valence-electron chi connectivity index (χ0n) is 47.6. The second-order valence-corrected chi connectivity index (χ2v) is 24.8. The predicted molar refractivity (Wildman–Crippen MR) is 351 cm³/mol. The van der Waals surface area contributed by atoms with Crippen molar-refractivity contribution >= 4 is 104 Å². The van der Waals surface area contributed by atoms with E-state index in [4.69, 9.17) is 15.0 Å². The number of benzene rings is 11.